The highest BCUT2D eigenvalue weighted by atomic mass is 16.5. The molecule has 0 aromatic heterocycles. The van der Waals surface area contributed by atoms with E-state index >= 15 is 0 Å². The molecule has 2 N–H and O–H groups in total. The maximum atomic E-state index is 9.13. The van der Waals surface area contributed by atoms with E-state index in [1.165, 1.54) is 16.8 Å². The summed E-state index contributed by atoms with van der Waals surface area (Å²) in [6.07, 6.45) is 1.05. The van der Waals surface area contributed by atoms with Crippen LogP contribution in [0.5, 0.6) is 0 Å². The number of hydroxylamine groups is 1. The summed E-state index contributed by atoms with van der Waals surface area (Å²) in [6.45, 7) is 1.51. The van der Waals surface area contributed by atoms with E-state index in [-0.39, 0.29) is 6.04 Å². The molecule has 1 aliphatic rings. The zero-order chi connectivity index (χ0) is 13.1. The second-order valence-corrected chi connectivity index (χ2v) is 4.86. The molecular formula is C16H18N2O. The van der Waals surface area contributed by atoms with Gasteiger partial charge in [-0.2, -0.15) is 0 Å². The molecule has 3 nitrogen and oxygen atoms in total. The van der Waals surface area contributed by atoms with Crippen molar-refractivity contribution in [3.8, 4) is 0 Å². The van der Waals surface area contributed by atoms with Gasteiger partial charge in [0, 0.05) is 18.8 Å². The molecule has 3 rings (SSSR count). The first-order chi connectivity index (χ1) is 9.40. The maximum Gasteiger partial charge on any atom is 0.0692 e. The lowest BCUT2D eigenvalue weighted by Gasteiger charge is -2.38. The lowest BCUT2D eigenvalue weighted by atomic mass is 9.92. The molecular weight excluding hydrogens is 236 g/mol. The summed E-state index contributed by atoms with van der Waals surface area (Å²) in [5.41, 5.74) is 6.23. The molecule has 98 valence electrons. The SMILES string of the molecule is ONCC1c2ccccc2CCN1c1ccccc1. The number of rotatable bonds is 3. The minimum atomic E-state index is 0.178. The fourth-order valence-corrected chi connectivity index (χ4v) is 2.89. The van der Waals surface area contributed by atoms with Gasteiger partial charge < -0.3 is 10.1 Å². The van der Waals surface area contributed by atoms with Crippen molar-refractivity contribution in [3.63, 3.8) is 0 Å². The van der Waals surface area contributed by atoms with Crippen LogP contribution < -0.4 is 10.4 Å². The second-order valence-electron chi connectivity index (χ2n) is 4.86. The number of para-hydroxylation sites is 1. The first-order valence-corrected chi connectivity index (χ1v) is 6.66. The zero-order valence-corrected chi connectivity index (χ0v) is 10.8. The number of nitrogens with zero attached hydrogens (tertiary/aromatic N) is 1. The minimum Gasteiger partial charge on any atom is -0.363 e. The van der Waals surface area contributed by atoms with Crippen molar-refractivity contribution in [2.24, 2.45) is 0 Å². The Kier molecular flexibility index (Phi) is 3.49. The van der Waals surface area contributed by atoms with Gasteiger partial charge in [0.15, 0.2) is 0 Å². The molecule has 0 saturated carbocycles. The Morgan fingerprint density at radius 1 is 1.05 bits per heavy atom. The van der Waals surface area contributed by atoms with E-state index in [0.29, 0.717) is 6.54 Å². The lowest BCUT2D eigenvalue weighted by molar-refractivity contribution is 0.158. The van der Waals surface area contributed by atoms with Crippen molar-refractivity contribution >= 4 is 5.69 Å². The summed E-state index contributed by atoms with van der Waals surface area (Å²) in [5.74, 6) is 0. The molecule has 0 radical (unpaired) electrons. The molecule has 2 aromatic rings. The standard InChI is InChI=1S/C16H18N2O/c19-17-12-16-15-9-5-4-6-13(15)10-11-18(16)14-7-2-1-3-8-14/h1-9,16-17,19H,10-12H2. The van der Waals surface area contributed by atoms with Crippen LogP contribution in [0.3, 0.4) is 0 Å². The van der Waals surface area contributed by atoms with Crippen LogP contribution in [0.2, 0.25) is 0 Å². The van der Waals surface area contributed by atoms with Crippen molar-refractivity contribution in [1.82, 2.24) is 5.48 Å². The molecule has 3 heteroatoms. The van der Waals surface area contributed by atoms with Crippen molar-refractivity contribution < 1.29 is 5.21 Å². The summed E-state index contributed by atoms with van der Waals surface area (Å²) in [6, 6.07) is 19.1. The molecule has 2 aromatic carbocycles. The molecule has 1 heterocycles. The Morgan fingerprint density at radius 3 is 2.58 bits per heavy atom. The number of hydrogen-bond donors (Lipinski definition) is 2. The molecule has 0 saturated heterocycles. The van der Waals surface area contributed by atoms with Crippen LogP contribution in [-0.2, 0) is 6.42 Å². The van der Waals surface area contributed by atoms with Crippen LogP contribution in [0.25, 0.3) is 0 Å². The average Bonchev–Trinajstić information content (AvgIpc) is 2.49. The van der Waals surface area contributed by atoms with E-state index in [9.17, 15) is 0 Å². The fourth-order valence-electron chi connectivity index (χ4n) is 2.89. The number of benzene rings is 2. The highest BCUT2D eigenvalue weighted by molar-refractivity contribution is 5.52. The van der Waals surface area contributed by atoms with Crippen molar-refractivity contribution in [1.29, 1.82) is 0 Å². The van der Waals surface area contributed by atoms with Gasteiger partial charge in [0.1, 0.15) is 0 Å². The quantitative estimate of drug-likeness (QED) is 0.827. The summed E-state index contributed by atoms with van der Waals surface area (Å²) in [5, 5.41) is 9.13. The molecule has 0 spiro atoms. The van der Waals surface area contributed by atoms with E-state index in [1.807, 2.05) is 6.07 Å². The van der Waals surface area contributed by atoms with Crippen LogP contribution in [0, 0.1) is 0 Å². The number of anilines is 1. The highest BCUT2D eigenvalue weighted by Gasteiger charge is 2.26. The van der Waals surface area contributed by atoms with Gasteiger partial charge in [0.05, 0.1) is 6.04 Å². The second kappa shape index (κ2) is 5.43. The molecule has 0 fully saturated rings. The van der Waals surface area contributed by atoms with Crippen molar-refractivity contribution in [2.75, 3.05) is 18.0 Å². The normalized spacial score (nSPS) is 18.2. The van der Waals surface area contributed by atoms with Gasteiger partial charge in [-0.3, -0.25) is 0 Å². The molecule has 1 unspecified atom stereocenters. The largest absolute Gasteiger partial charge is 0.363 e. The number of fused-ring (bicyclic) bond motifs is 1. The predicted molar refractivity (Wildman–Crippen MR) is 76.5 cm³/mol. The summed E-state index contributed by atoms with van der Waals surface area (Å²) < 4.78 is 0. The van der Waals surface area contributed by atoms with Gasteiger partial charge in [0.2, 0.25) is 0 Å². The number of nitrogens with one attached hydrogen (secondary N) is 1. The Balaban J connectivity index is 1.98. The van der Waals surface area contributed by atoms with E-state index in [0.717, 1.165) is 13.0 Å². The molecule has 1 atom stereocenters. The van der Waals surface area contributed by atoms with Crippen molar-refractivity contribution in [2.45, 2.75) is 12.5 Å². The zero-order valence-electron chi connectivity index (χ0n) is 10.8. The van der Waals surface area contributed by atoms with Gasteiger partial charge in [-0.25, -0.2) is 5.48 Å². The van der Waals surface area contributed by atoms with Crippen molar-refractivity contribution in [3.05, 3.63) is 65.7 Å². The van der Waals surface area contributed by atoms with Gasteiger partial charge in [-0.15, -0.1) is 0 Å². The maximum absolute atomic E-state index is 9.13. The smallest absolute Gasteiger partial charge is 0.0692 e. The Morgan fingerprint density at radius 2 is 1.79 bits per heavy atom. The highest BCUT2D eigenvalue weighted by Crippen LogP contribution is 2.33. The Labute approximate surface area is 113 Å². The van der Waals surface area contributed by atoms with E-state index in [2.05, 4.69) is 58.9 Å². The van der Waals surface area contributed by atoms with Crippen LogP contribution >= 0.6 is 0 Å². The van der Waals surface area contributed by atoms with Gasteiger partial charge in [-0.05, 0) is 29.7 Å². The third-order valence-corrected chi connectivity index (χ3v) is 3.78. The van der Waals surface area contributed by atoms with Gasteiger partial charge in [-0.1, -0.05) is 42.5 Å². The van der Waals surface area contributed by atoms with Crippen LogP contribution in [0.4, 0.5) is 5.69 Å². The average molecular weight is 254 g/mol. The summed E-state index contributed by atoms with van der Waals surface area (Å²) >= 11 is 0. The summed E-state index contributed by atoms with van der Waals surface area (Å²) in [4.78, 5) is 2.35. The van der Waals surface area contributed by atoms with Crippen LogP contribution in [0.1, 0.15) is 17.2 Å². The Bertz CT molecular complexity index is 541. The van der Waals surface area contributed by atoms with Gasteiger partial charge >= 0.3 is 0 Å². The van der Waals surface area contributed by atoms with Crippen LogP contribution in [0.15, 0.2) is 54.6 Å². The van der Waals surface area contributed by atoms with E-state index in [4.69, 9.17) is 5.21 Å². The monoisotopic (exact) mass is 254 g/mol. The molecule has 0 amide bonds. The molecule has 0 aliphatic carbocycles. The minimum absolute atomic E-state index is 0.178. The predicted octanol–water partition coefficient (Wildman–Crippen LogP) is 2.77. The summed E-state index contributed by atoms with van der Waals surface area (Å²) in [7, 11) is 0. The first-order valence-electron chi connectivity index (χ1n) is 6.66. The molecule has 19 heavy (non-hydrogen) atoms. The van der Waals surface area contributed by atoms with Crippen LogP contribution in [-0.4, -0.2) is 18.3 Å². The van der Waals surface area contributed by atoms with Gasteiger partial charge in [0.25, 0.3) is 0 Å². The number of hydrogen-bond acceptors (Lipinski definition) is 3. The van der Waals surface area contributed by atoms with E-state index in [1.54, 1.807) is 0 Å². The van der Waals surface area contributed by atoms with E-state index < -0.39 is 0 Å². The third kappa shape index (κ3) is 2.35. The fraction of sp³-hybridized carbons (Fsp3) is 0.250. The first kappa shape index (κ1) is 12.2. The molecule has 0 bridgehead atoms. The Hall–Kier alpha value is -1.84. The topological polar surface area (TPSA) is 35.5 Å². The lowest BCUT2D eigenvalue weighted by Crippen LogP contribution is -2.40. The third-order valence-electron chi connectivity index (χ3n) is 3.78. The molecule has 1 aliphatic heterocycles.